The fourth-order valence-electron chi connectivity index (χ4n) is 2.65. The predicted molar refractivity (Wildman–Crippen MR) is 74.3 cm³/mol. The minimum Gasteiger partial charge on any atom is -0.379 e. The summed E-state index contributed by atoms with van der Waals surface area (Å²) in [6.45, 7) is 9.42. The summed E-state index contributed by atoms with van der Waals surface area (Å²) < 4.78 is 16.6. The molecule has 6 heteroatoms. The Morgan fingerprint density at radius 2 is 2.05 bits per heavy atom. The monoisotopic (exact) mass is 283 g/mol. The zero-order chi connectivity index (χ0) is 14.7. The Morgan fingerprint density at radius 3 is 2.65 bits per heavy atom. The maximum absolute atomic E-state index is 6.00. The number of aromatic nitrogens is 2. The van der Waals surface area contributed by atoms with Gasteiger partial charge in [-0.1, -0.05) is 19.0 Å². The van der Waals surface area contributed by atoms with Gasteiger partial charge in [0.2, 0.25) is 5.89 Å². The molecule has 0 spiro atoms. The molecule has 1 aliphatic rings. The van der Waals surface area contributed by atoms with Crippen LogP contribution in [0.1, 0.15) is 57.8 Å². The molecule has 5 atom stereocenters. The lowest BCUT2D eigenvalue weighted by Gasteiger charge is -2.13. The summed E-state index contributed by atoms with van der Waals surface area (Å²) >= 11 is 0. The quantitative estimate of drug-likeness (QED) is 0.804. The van der Waals surface area contributed by atoms with Crippen LogP contribution in [0.3, 0.4) is 0 Å². The lowest BCUT2D eigenvalue weighted by molar-refractivity contribution is 0.0542. The fourth-order valence-corrected chi connectivity index (χ4v) is 2.65. The first kappa shape index (κ1) is 15.4. The van der Waals surface area contributed by atoms with E-state index in [0.717, 1.165) is 6.42 Å². The van der Waals surface area contributed by atoms with Crippen molar-refractivity contribution < 1.29 is 14.0 Å². The molecule has 2 heterocycles. The molecule has 0 aromatic carbocycles. The first-order valence-corrected chi connectivity index (χ1v) is 7.36. The Hall–Kier alpha value is -0.980. The summed E-state index contributed by atoms with van der Waals surface area (Å²) in [5.41, 5.74) is 6.00. The molecule has 1 aromatic rings. The van der Waals surface area contributed by atoms with Crippen molar-refractivity contribution in [2.24, 2.45) is 11.7 Å². The van der Waals surface area contributed by atoms with E-state index in [-0.39, 0.29) is 24.2 Å². The van der Waals surface area contributed by atoms with E-state index in [1.54, 1.807) is 0 Å². The molecule has 6 nitrogen and oxygen atoms in total. The van der Waals surface area contributed by atoms with Crippen molar-refractivity contribution in [3.63, 3.8) is 0 Å². The number of rotatable bonds is 6. The third-order valence-electron chi connectivity index (χ3n) is 3.96. The summed E-state index contributed by atoms with van der Waals surface area (Å²) in [5.74, 6) is 1.62. The molecule has 0 bridgehead atoms. The van der Waals surface area contributed by atoms with Crippen molar-refractivity contribution >= 4 is 0 Å². The Kier molecular flexibility index (Phi) is 5.12. The van der Waals surface area contributed by atoms with E-state index in [1.165, 1.54) is 0 Å². The highest BCUT2D eigenvalue weighted by Crippen LogP contribution is 2.39. The van der Waals surface area contributed by atoms with Gasteiger partial charge >= 0.3 is 0 Å². The third kappa shape index (κ3) is 3.19. The summed E-state index contributed by atoms with van der Waals surface area (Å²) in [6, 6.07) is -0.343. The maximum Gasteiger partial charge on any atom is 0.232 e. The second kappa shape index (κ2) is 6.65. The fraction of sp³-hybridized carbons (Fsp3) is 0.857. The number of hydrogen-bond donors (Lipinski definition) is 1. The Labute approximate surface area is 120 Å². The van der Waals surface area contributed by atoms with Crippen LogP contribution < -0.4 is 5.73 Å². The molecule has 2 N–H and O–H groups in total. The minimum absolute atomic E-state index is 0.0841. The Balaban J connectivity index is 2.01. The van der Waals surface area contributed by atoms with Crippen LogP contribution >= 0.6 is 0 Å². The van der Waals surface area contributed by atoms with Crippen molar-refractivity contribution in [1.29, 1.82) is 0 Å². The maximum atomic E-state index is 6.00. The van der Waals surface area contributed by atoms with E-state index in [4.69, 9.17) is 19.7 Å². The van der Waals surface area contributed by atoms with Crippen molar-refractivity contribution in [2.75, 3.05) is 13.2 Å². The van der Waals surface area contributed by atoms with Crippen LogP contribution in [-0.2, 0) is 9.47 Å². The molecule has 1 saturated heterocycles. The van der Waals surface area contributed by atoms with Gasteiger partial charge in [-0.3, -0.25) is 0 Å². The van der Waals surface area contributed by atoms with Crippen LogP contribution in [0.15, 0.2) is 4.52 Å². The van der Waals surface area contributed by atoms with Crippen LogP contribution in [0.25, 0.3) is 0 Å². The predicted octanol–water partition coefficient (Wildman–Crippen LogP) is 2.02. The van der Waals surface area contributed by atoms with Crippen LogP contribution in [0, 0.1) is 5.92 Å². The molecule has 0 aliphatic carbocycles. The SMILES string of the molecule is CCCOCC(N)c1noc(C2C(C)OC(C)C2C)n1. The largest absolute Gasteiger partial charge is 0.379 e. The molecular weight excluding hydrogens is 258 g/mol. The van der Waals surface area contributed by atoms with Gasteiger partial charge in [-0.05, 0) is 26.2 Å². The van der Waals surface area contributed by atoms with Gasteiger partial charge in [0, 0.05) is 6.61 Å². The minimum atomic E-state index is -0.343. The molecule has 0 amide bonds. The number of nitrogens with two attached hydrogens (primary N) is 1. The summed E-state index contributed by atoms with van der Waals surface area (Å²) in [6.07, 6.45) is 1.25. The normalized spacial score (nSPS) is 31.6. The highest BCUT2D eigenvalue weighted by Gasteiger charge is 2.41. The summed E-state index contributed by atoms with van der Waals surface area (Å²) in [7, 11) is 0. The molecule has 20 heavy (non-hydrogen) atoms. The highest BCUT2D eigenvalue weighted by molar-refractivity contribution is 5.05. The highest BCUT2D eigenvalue weighted by atomic mass is 16.5. The molecule has 1 aliphatic heterocycles. The van der Waals surface area contributed by atoms with Crippen molar-refractivity contribution in [3.8, 4) is 0 Å². The molecule has 0 saturated carbocycles. The number of nitrogens with zero attached hydrogens (tertiary/aromatic N) is 2. The summed E-state index contributed by atoms with van der Waals surface area (Å²) in [4.78, 5) is 4.44. The molecule has 5 unspecified atom stereocenters. The second-order valence-corrected chi connectivity index (χ2v) is 5.60. The zero-order valence-electron chi connectivity index (χ0n) is 12.7. The van der Waals surface area contributed by atoms with E-state index in [2.05, 4.69) is 30.9 Å². The van der Waals surface area contributed by atoms with Crippen molar-refractivity contribution in [3.05, 3.63) is 11.7 Å². The van der Waals surface area contributed by atoms with Gasteiger partial charge in [0.05, 0.1) is 30.8 Å². The molecule has 1 aromatic heterocycles. The van der Waals surface area contributed by atoms with Crippen LogP contribution in [0.5, 0.6) is 0 Å². The zero-order valence-corrected chi connectivity index (χ0v) is 12.7. The molecular formula is C14H25N3O3. The molecule has 1 fully saturated rings. The smallest absolute Gasteiger partial charge is 0.232 e. The van der Waals surface area contributed by atoms with Crippen molar-refractivity contribution in [2.45, 2.75) is 58.3 Å². The number of ether oxygens (including phenoxy) is 2. The Bertz CT molecular complexity index is 424. The second-order valence-electron chi connectivity index (χ2n) is 5.60. The Morgan fingerprint density at radius 1 is 1.30 bits per heavy atom. The summed E-state index contributed by atoms with van der Waals surface area (Å²) in [5, 5.41) is 3.99. The van der Waals surface area contributed by atoms with Gasteiger partial charge in [0.15, 0.2) is 5.82 Å². The van der Waals surface area contributed by atoms with Gasteiger partial charge in [0.25, 0.3) is 0 Å². The van der Waals surface area contributed by atoms with Gasteiger partial charge < -0.3 is 19.7 Å². The molecule has 0 radical (unpaired) electrons. The average molecular weight is 283 g/mol. The van der Waals surface area contributed by atoms with E-state index < -0.39 is 0 Å². The van der Waals surface area contributed by atoms with E-state index in [9.17, 15) is 0 Å². The van der Waals surface area contributed by atoms with Gasteiger partial charge in [-0.15, -0.1) is 0 Å². The van der Waals surface area contributed by atoms with Gasteiger partial charge in [-0.25, -0.2) is 0 Å². The first-order valence-electron chi connectivity index (χ1n) is 7.36. The van der Waals surface area contributed by atoms with Crippen LogP contribution in [0.4, 0.5) is 0 Å². The lowest BCUT2D eigenvalue weighted by atomic mass is 9.89. The number of hydrogen-bond acceptors (Lipinski definition) is 6. The van der Waals surface area contributed by atoms with Gasteiger partial charge in [0.1, 0.15) is 0 Å². The van der Waals surface area contributed by atoms with E-state index >= 15 is 0 Å². The van der Waals surface area contributed by atoms with Crippen molar-refractivity contribution in [1.82, 2.24) is 10.1 Å². The topological polar surface area (TPSA) is 83.4 Å². The van der Waals surface area contributed by atoms with Crippen LogP contribution in [-0.4, -0.2) is 35.6 Å². The standard InChI is InChI=1S/C14H25N3O3/c1-5-6-18-7-11(15)13-16-14(20-17-13)12-8(2)9(3)19-10(12)4/h8-12H,5-7,15H2,1-4H3. The van der Waals surface area contributed by atoms with E-state index in [0.29, 0.717) is 30.8 Å². The lowest BCUT2D eigenvalue weighted by Crippen LogP contribution is -2.20. The van der Waals surface area contributed by atoms with E-state index in [1.807, 2.05) is 6.92 Å². The average Bonchev–Trinajstić information content (AvgIpc) is 2.96. The third-order valence-corrected chi connectivity index (χ3v) is 3.96. The molecule has 2 rings (SSSR count). The van der Waals surface area contributed by atoms with Crippen LogP contribution in [0.2, 0.25) is 0 Å². The molecule has 114 valence electrons. The first-order chi connectivity index (χ1) is 9.54. The van der Waals surface area contributed by atoms with Gasteiger partial charge in [-0.2, -0.15) is 4.98 Å².